The van der Waals surface area contributed by atoms with Crippen LogP contribution in [0.25, 0.3) is 0 Å². The number of halogens is 1. The van der Waals surface area contributed by atoms with Crippen LogP contribution in [-0.2, 0) is 10.0 Å². The van der Waals surface area contributed by atoms with Gasteiger partial charge in [0, 0.05) is 11.9 Å². The second kappa shape index (κ2) is 5.83. The first-order valence-electron chi connectivity index (χ1n) is 4.93. The zero-order valence-electron chi connectivity index (χ0n) is 9.62. The number of hydrogen-bond donors (Lipinski definition) is 3. The molecule has 0 fully saturated rings. The van der Waals surface area contributed by atoms with Gasteiger partial charge in [0.1, 0.15) is 5.82 Å². The highest BCUT2D eigenvalue weighted by Gasteiger charge is 2.06. The number of sulfonamides is 1. The molecule has 102 valence electrons. The van der Waals surface area contributed by atoms with Gasteiger partial charge in [0.2, 0.25) is 16.0 Å². The molecule has 0 amide bonds. The van der Waals surface area contributed by atoms with Crippen molar-refractivity contribution in [1.82, 2.24) is 9.97 Å². The zero-order chi connectivity index (χ0) is 13.2. The number of hydrogen-bond acceptors (Lipinski definition) is 6. The molecule has 2 rings (SSSR count). The standard InChI is InChI=1S/C10H11N5O2S.ClH/c11-10-13-6-5-9(15-10)14-7-1-3-8(4-2-7)18(12,16)17;/h1-6H,(H2,12,16,17)(H3,11,13,14,15);1H/p-1. The largest absolute Gasteiger partial charge is 1.00 e. The smallest absolute Gasteiger partial charge is 0.238 e. The Hall–Kier alpha value is -1.90. The van der Waals surface area contributed by atoms with Crippen molar-refractivity contribution >= 4 is 27.5 Å². The van der Waals surface area contributed by atoms with Crippen molar-refractivity contribution in [2.75, 3.05) is 11.1 Å². The first-order valence-corrected chi connectivity index (χ1v) is 6.48. The van der Waals surface area contributed by atoms with Crippen LogP contribution in [0.2, 0.25) is 0 Å². The highest BCUT2D eigenvalue weighted by atomic mass is 35.5. The van der Waals surface area contributed by atoms with E-state index < -0.39 is 10.0 Å². The molecule has 0 radical (unpaired) electrons. The summed E-state index contributed by atoms with van der Waals surface area (Å²) in [6.45, 7) is 0. The second-order valence-electron chi connectivity index (χ2n) is 3.49. The third-order valence-electron chi connectivity index (χ3n) is 2.13. The summed E-state index contributed by atoms with van der Waals surface area (Å²) < 4.78 is 22.1. The topological polar surface area (TPSA) is 124 Å². The second-order valence-corrected chi connectivity index (χ2v) is 5.06. The van der Waals surface area contributed by atoms with Crippen molar-refractivity contribution in [2.45, 2.75) is 4.90 Å². The molecule has 1 aromatic heterocycles. The molecule has 5 N–H and O–H groups in total. The third kappa shape index (κ3) is 4.05. The minimum Gasteiger partial charge on any atom is -1.00 e. The number of rotatable bonds is 3. The molecule has 0 aliphatic rings. The van der Waals surface area contributed by atoms with Gasteiger partial charge >= 0.3 is 0 Å². The van der Waals surface area contributed by atoms with Crippen molar-refractivity contribution in [3.63, 3.8) is 0 Å². The van der Waals surface area contributed by atoms with Gasteiger partial charge in [0.05, 0.1) is 4.90 Å². The van der Waals surface area contributed by atoms with Crippen LogP contribution >= 0.6 is 0 Å². The van der Waals surface area contributed by atoms with Gasteiger partial charge in [-0.25, -0.2) is 18.5 Å². The molecule has 1 aromatic carbocycles. The average Bonchev–Trinajstić information content (AvgIpc) is 2.28. The summed E-state index contributed by atoms with van der Waals surface area (Å²) in [5, 5.41) is 7.95. The van der Waals surface area contributed by atoms with Crippen LogP contribution < -0.4 is 28.6 Å². The minimum absolute atomic E-state index is 0. The molecule has 0 aliphatic carbocycles. The maximum absolute atomic E-state index is 11.1. The monoisotopic (exact) mass is 300 g/mol. The number of nitrogens with one attached hydrogen (secondary N) is 1. The SMILES string of the molecule is Nc1nccc(Nc2ccc(S(N)(=O)=O)cc2)n1.[Cl-]. The van der Waals surface area contributed by atoms with E-state index in [4.69, 9.17) is 10.9 Å². The molecule has 0 saturated heterocycles. The normalized spacial score (nSPS) is 10.6. The van der Waals surface area contributed by atoms with E-state index in [2.05, 4.69) is 15.3 Å². The Morgan fingerprint density at radius 3 is 2.26 bits per heavy atom. The molecule has 0 unspecified atom stereocenters. The number of aromatic nitrogens is 2. The van der Waals surface area contributed by atoms with E-state index in [0.717, 1.165) is 0 Å². The summed E-state index contributed by atoms with van der Waals surface area (Å²) in [5.41, 5.74) is 6.10. The van der Waals surface area contributed by atoms with Crippen LogP contribution in [0.15, 0.2) is 41.4 Å². The van der Waals surface area contributed by atoms with E-state index in [1.165, 1.54) is 18.3 Å². The summed E-state index contributed by atoms with van der Waals surface area (Å²) in [7, 11) is -3.67. The molecule has 0 spiro atoms. The fourth-order valence-corrected chi connectivity index (χ4v) is 1.83. The maximum Gasteiger partial charge on any atom is 0.238 e. The number of anilines is 3. The first-order chi connectivity index (χ1) is 8.45. The molecular formula is C10H11ClN5O2S-. The predicted molar refractivity (Wildman–Crippen MR) is 67.5 cm³/mol. The van der Waals surface area contributed by atoms with E-state index in [9.17, 15) is 8.42 Å². The lowest BCUT2D eigenvalue weighted by atomic mass is 10.3. The Morgan fingerprint density at radius 1 is 1.11 bits per heavy atom. The molecule has 7 nitrogen and oxygen atoms in total. The summed E-state index contributed by atoms with van der Waals surface area (Å²) in [6, 6.07) is 7.62. The fraction of sp³-hybridized carbons (Fsp3) is 0. The van der Waals surface area contributed by atoms with E-state index in [0.29, 0.717) is 11.5 Å². The lowest BCUT2D eigenvalue weighted by molar-refractivity contribution is -0.00000652. The number of nitrogens with zero attached hydrogens (tertiary/aromatic N) is 2. The minimum atomic E-state index is -3.67. The molecule has 2 aromatic rings. The van der Waals surface area contributed by atoms with Gasteiger partial charge < -0.3 is 23.5 Å². The summed E-state index contributed by atoms with van der Waals surface area (Å²) in [6.07, 6.45) is 1.52. The highest BCUT2D eigenvalue weighted by molar-refractivity contribution is 7.89. The van der Waals surface area contributed by atoms with Gasteiger partial charge in [-0.3, -0.25) is 0 Å². The van der Waals surface area contributed by atoms with Crippen molar-refractivity contribution in [1.29, 1.82) is 0 Å². The predicted octanol–water partition coefficient (Wildman–Crippen LogP) is -2.55. The Bertz CT molecular complexity index is 660. The molecule has 0 aliphatic heterocycles. The Morgan fingerprint density at radius 2 is 1.74 bits per heavy atom. The molecule has 1 heterocycles. The number of nitrogens with two attached hydrogens (primary N) is 2. The first kappa shape index (κ1) is 15.2. The van der Waals surface area contributed by atoms with Gasteiger partial charge in [0.15, 0.2) is 0 Å². The van der Waals surface area contributed by atoms with E-state index in [-0.39, 0.29) is 23.3 Å². The van der Waals surface area contributed by atoms with Crippen molar-refractivity contribution in [2.24, 2.45) is 5.14 Å². The van der Waals surface area contributed by atoms with Crippen LogP contribution in [0, 0.1) is 0 Å². The molecule has 0 bridgehead atoms. The molecule has 19 heavy (non-hydrogen) atoms. The third-order valence-corrected chi connectivity index (χ3v) is 3.06. The van der Waals surface area contributed by atoms with Crippen LogP contribution in [0.1, 0.15) is 0 Å². The highest BCUT2D eigenvalue weighted by Crippen LogP contribution is 2.16. The Kier molecular flexibility index (Phi) is 4.65. The Balaban J connectivity index is 0.00000180. The van der Waals surface area contributed by atoms with Gasteiger partial charge in [-0.05, 0) is 30.3 Å². The number of primary sulfonamides is 1. The molecule has 0 saturated carbocycles. The van der Waals surface area contributed by atoms with Gasteiger partial charge in [-0.1, -0.05) is 0 Å². The van der Waals surface area contributed by atoms with Crippen molar-refractivity contribution in [3.8, 4) is 0 Å². The van der Waals surface area contributed by atoms with Crippen LogP contribution in [0.5, 0.6) is 0 Å². The quantitative estimate of drug-likeness (QED) is 0.573. The average molecular weight is 301 g/mol. The molecule has 0 atom stereocenters. The summed E-state index contributed by atoms with van der Waals surface area (Å²) >= 11 is 0. The van der Waals surface area contributed by atoms with Crippen molar-refractivity contribution < 1.29 is 20.8 Å². The van der Waals surface area contributed by atoms with Crippen LogP contribution in [0.3, 0.4) is 0 Å². The van der Waals surface area contributed by atoms with Crippen LogP contribution in [-0.4, -0.2) is 18.4 Å². The van der Waals surface area contributed by atoms with E-state index in [1.54, 1.807) is 18.2 Å². The van der Waals surface area contributed by atoms with Gasteiger partial charge in [0.25, 0.3) is 0 Å². The van der Waals surface area contributed by atoms with Gasteiger partial charge in [-0.2, -0.15) is 4.98 Å². The molecular weight excluding hydrogens is 290 g/mol. The van der Waals surface area contributed by atoms with E-state index in [1.807, 2.05) is 0 Å². The zero-order valence-corrected chi connectivity index (χ0v) is 11.2. The maximum atomic E-state index is 11.1. The number of nitrogen functional groups attached to an aromatic ring is 1. The lowest BCUT2D eigenvalue weighted by Crippen LogP contribution is -3.00. The Labute approximate surface area is 116 Å². The fourth-order valence-electron chi connectivity index (χ4n) is 1.32. The summed E-state index contributed by atoms with van der Waals surface area (Å²) in [4.78, 5) is 7.76. The van der Waals surface area contributed by atoms with Crippen molar-refractivity contribution in [3.05, 3.63) is 36.5 Å². The number of benzene rings is 1. The van der Waals surface area contributed by atoms with Gasteiger partial charge in [-0.15, -0.1) is 0 Å². The van der Waals surface area contributed by atoms with E-state index >= 15 is 0 Å². The van der Waals surface area contributed by atoms with Crippen LogP contribution in [0.4, 0.5) is 17.5 Å². The molecule has 9 heteroatoms. The summed E-state index contributed by atoms with van der Waals surface area (Å²) in [5.74, 6) is 0.673. The lowest BCUT2D eigenvalue weighted by Gasteiger charge is -2.06.